The second-order valence-corrected chi connectivity index (χ2v) is 5.53. The number of nitrogens with zero attached hydrogens (tertiary/aromatic N) is 2. The van der Waals surface area contributed by atoms with Gasteiger partial charge in [-0.05, 0) is 31.0 Å². The number of piperazine rings is 1. The van der Waals surface area contributed by atoms with Gasteiger partial charge in [-0.3, -0.25) is 0 Å². The van der Waals surface area contributed by atoms with Crippen molar-refractivity contribution >= 4 is 0 Å². The normalized spacial score (nSPS) is 19.5. The summed E-state index contributed by atoms with van der Waals surface area (Å²) in [5, 5.41) is 0. The zero-order valence-electron chi connectivity index (χ0n) is 12.3. The minimum absolute atomic E-state index is 0.172. The van der Waals surface area contributed by atoms with E-state index in [0.717, 1.165) is 13.0 Å². The first-order valence-corrected chi connectivity index (χ1v) is 7.46. The molecule has 1 unspecified atom stereocenters. The maximum atomic E-state index is 6.33. The average Bonchev–Trinajstić information content (AvgIpc) is 2.46. The van der Waals surface area contributed by atoms with Crippen LogP contribution < -0.4 is 5.73 Å². The van der Waals surface area contributed by atoms with Crippen LogP contribution in [0, 0.1) is 6.92 Å². The molecule has 1 saturated heterocycles. The summed E-state index contributed by atoms with van der Waals surface area (Å²) in [6.07, 6.45) is 1.05. The lowest BCUT2D eigenvalue weighted by Crippen LogP contribution is -2.46. The van der Waals surface area contributed by atoms with Crippen molar-refractivity contribution in [1.29, 1.82) is 0 Å². The number of nitrogens with two attached hydrogens (primary N) is 1. The molecule has 0 amide bonds. The summed E-state index contributed by atoms with van der Waals surface area (Å²) in [7, 11) is 0. The fourth-order valence-corrected chi connectivity index (χ4v) is 2.81. The SMILES string of the molecule is CCN1CCN(CCC(N)c2ccccc2C)CC1. The van der Waals surface area contributed by atoms with E-state index in [9.17, 15) is 0 Å². The molecule has 2 N–H and O–H groups in total. The van der Waals surface area contributed by atoms with Crippen molar-refractivity contribution in [2.24, 2.45) is 5.73 Å². The molecule has 0 aliphatic carbocycles. The third-order valence-corrected chi connectivity index (χ3v) is 4.26. The number of hydrogen-bond acceptors (Lipinski definition) is 3. The molecule has 1 aromatic rings. The highest BCUT2D eigenvalue weighted by Crippen LogP contribution is 2.18. The zero-order chi connectivity index (χ0) is 13.7. The van der Waals surface area contributed by atoms with Gasteiger partial charge in [-0.15, -0.1) is 0 Å². The fraction of sp³-hybridized carbons (Fsp3) is 0.625. The lowest BCUT2D eigenvalue weighted by atomic mass is 9.99. The highest BCUT2D eigenvalue weighted by molar-refractivity contribution is 5.28. The molecule has 2 rings (SSSR count). The Labute approximate surface area is 117 Å². The quantitative estimate of drug-likeness (QED) is 0.880. The largest absolute Gasteiger partial charge is 0.324 e. The van der Waals surface area contributed by atoms with Gasteiger partial charge in [0.15, 0.2) is 0 Å². The average molecular weight is 261 g/mol. The van der Waals surface area contributed by atoms with Gasteiger partial charge in [0.25, 0.3) is 0 Å². The third-order valence-electron chi connectivity index (χ3n) is 4.26. The molecule has 0 aromatic heterocycles. The first kappa shape index (κ1) is 14.5. The van der Waals surface area contributed by atoms with Crippen LogP contribution in [0.2, 0.25) is 0 Å². The topological polar surface area (TPSA) is 32.5 Å². The van der Waals surface area contributed by atoms with E-state index in [1.807, 2.05) is 0 Å². The molecule has 1 aromatic carbocycles. The highest BCUT2D eigenvalue weighted by Gasteiger charge is 2.16. The Hall–Kier alpha value is -0.900. The van der Waals surface area contributed by atoms with Crippen molar-refractivity contribution < 1.29 is 0 Å². The highest BCUT2D eigenvalue weighted by atomic mass is 15.3. The molecule has 1 heterocycles. The van der Waals surface area contributed by atoms with Gasteiger partial charge in [-0.2, -0.15) is 0 Å². The second-order valence-electron chi connectivity index (χ2n) is 5.53. The van der Waals surface area contributed by atoms with E-state index in [-0.39, 0.29) is 6.04 Å². The molecule has 19 heavy (non-hydrogen) atoms. The van der Waals surface area contributed by atoms with Gasteiger partial charge in [0.05, 0.1) is 0 Å². The van der Waals surface area contributed by atoms with Crippen LogP contribution in [0.15, 0.2) is 24.3 Å². The lowest BCUT2D eigenvalue weighted by molar-refractivity contribution is 0.134. The molecule has 0 saturated carbocycles. The van der Waals surface area contributed by atoms with Crippen LogP contribution in [-0.4, -0.2) is 49.1 Å². The van der Waals surface area contributed by atoms with E-state index in [1.54, 1.807) is 0 Å². The molecule has 1 fully saturated rings. The molecular weight excluding hydrogens is 234 g/mol. The van der Waals surface area contributed by atoms with Crippen molar-refractivity contribution in [3.05, 3.63) is 35.4 Å². The minimum atomic E-state index is 0.172. The Morgan fingerprint density at radius 3 is 2.37 bits per heavy atom. The van der Waals surface area contributed by atoms with Crippen LogP contribution in [-0.2, 0) is 0 Å². The predicted molar refractivity (Wildman–Crippen MR) is 81.3 cm³/mol. The minimum Gasteiger partial charge on any atom is -0.324 e. The van der Waals surface area contributed by atoms with Crippen molar-refractivity contribution in [2.45, 2.75) is 26.3 Å². The van der Waals surface area contributed by atoms with Crippen molar-refractivity contribution in [1.82, 2.24) is 9.80 Å². The molecule has 0 bridgehead atoms. The van der Waals surface area contributed by atoms with Gasteiger partial charge in [-0.25, -0.2) is 0 Å². The smallest absolute Gasteiger partial charge is 0.0309 e. The molecule has 3 heteroatoms. The van der Waals surface area contributed by atoms with Gasteiger partial charge >= 0.3 is 0 Å². The number of aryl methyl sites for hydroxylation is 1. The Balaban J connectivity index is 1.78. The summed E-state index contributed by atoms with van der Waals surface area (Å²) in [4.78, 5) is 5.06. The Morgan fingerprint density at radius 2 is 1.74 bits per heavy atom. The predicted octanol–water partition coefficient (Wildman–Crippen LogP) is 2.02. The first-order valence-electron chi connectivity index (χ1n) is 7.46. The third kappa shape index (κ3) is 4.03. The van der Waals surface area contributed by atoms with Crippen LogP contribution in [0.25, 0.3) is 0 Å². The fourth-order valence-electron chi connectivity index (χ4n) is 2.81. The number of likely N-dealkylation sites (N-methyl/N-ethyl adjacent to an activating group) is 1. The summed E-state index contributed by atoms with van der Waals surface area (Å²) in [5.41, 5.74) is 8.94. The molecule has 106 valence electrons. The van der Waals surface area contributed by atoms with Gasteiger partial charge in [0, 0.05) is 38.8 Å². The maximum absolute atomic E-state index is 6.33. The van der Waals surface area contributed by atoms with E-state index in [2.05, 4.69) is 47.9 Å². The Kier molecular flexibility index (Phi) is 5.37. The zero-order valence-corrected chi connectivity index (χ0v) is 12.3. The van der Waals surface area contributed by atoms with Crippen LogP contribution in [0.3, 0.4) is 0 Å². The maximum Gasteiger partial charge on any atom is 0.0309 e. The summed E-state index contributed by atoms with van der Waals surface area (Å²) >= 11 is 0. The van der Waals surface area contributed by atoms with Crippen LogP contribution >= 0.6 is 0 Å². The van der Waals surface area contributed by atoms with Gasteiger partial charge in [0.2, 0.25) is 0 Å². The molecule has 0 radical (unpaired) electrons. The van der Waals surface area contributed by atoms with Gasteiger partial charge in [0.1, 0.15) is 0 Å². The van der Waals surface area contributed by atoms with Crippen LogP contribution in [0.1, 0.15) is 30.5 Å². The Morgan fingerprint density at radius 1 is 1.11 bits per heavy atom. The molecule has 3 nitrogen and oxygen atoms in total. The summed E-state index contributed by atoms with van der Waals surface area (Å²) in [6.45, 7) is 11.5. The summed E-state index contributed by atoms with van der Waals surface area (Å²) < 4.78 is 0. The Bertz CT molecular complexity index is 383. The number of rotatable bonds is 5. The van der Waals surface area contributed by atoms with Crippen molar-refractivity contribution in [3.8, 4) is 0 Å². The lowest BCUT2D eigenvalue weighted by Gasteiger charge is -2.34. The standard InChI is InChI=1S/C16H27N3/c1-3-18-10-12-19(13-11-18)9-8-16(17)15-7-5-4-6-14(15)2/h4-7,16H,3,8-13,17H2,1-2H3. The van der Waals surface area contributed by atoms with Gasteiger partial charge < -0.3 is 15.5 Å². The van der Waals surface area contributed by atoms with Crippen LogP contribution in [0.4, 0.5) is 0 Å². The number of hydrogen-bond donors (Lipinski definition) is 1. The van der Waals surface area contributed by atoms with E-state index in [4.69, 9.17) is 5.73 Å². The monoisotopic (exact) mass is 261 g/mol. The molecule has 0 spiro atoms. The molecular formula is C16H27N3. The number of benzene rings is 1. The van der Waals surface area contributed by atoms with E-state index in [0.29, 0.717) is 0 Å². The van der Waals surface area contributed by atoms with E-state index < -0.39 is 0 Å². The van der Waals surface area contributed by atoms with E-state index >= 15 is 0 Å². The van der Waals surface area contributed by atoms with Crippen LogP contribution in [0.5, 0.6) is 0 Å². The summed E-state index contributed by atoms with van der Waals surface area (Å²) in [5.74, 6) is 0. The summed E-state index contributed by atoms with van der Waals surface area (Å²) in [6, 6.07) is 8.65. The molecule has 1 aliphatic heterocycles. The first-order chi connectivity index (χ1) is 9.20. The van der Waals surface area contributed by atoms with Crippen molar-refractivity contribution in [2.75, 3.05) is 39.3 Å². The molecule has 1 aliphatic rings. The van der Waals surface area contributed by atoms with Crippen molar-refractivity contribution in [3.63, 3.8) is 0 Å². The van der Waals surface area contributed by atoms with E-state index in [1.165, 1.54) is 43.9 Å². The van der Waals surface area contributed by atoms with Gasteiger partial charge in [-0.1, -0.05) is 31.2 Å². The second kappa shape index (κ2) is 7.04. The molecule has 1 atom stereocenters.